The lowest BCUT2D eigenvalue weighted by atomic mass is 9.95. The number of aliphatic imine (C=N–C) groups is 1. The van der Waals surface area contributed by atoms with Crippen LogP contribution in [0.3, 0.4) is 0 Å². The largest absolute Gasteiger partial charge is 0.480 e. The summed E-state index contributed by atoms with van der Waals surface area (Å²) in [5.41, 5.74) is 0. The summed E-state index contributed by atoms with van der Waals surface area (Å²) in [5, 5.41) is 3.46. The van der Waals surface area contributed by atoms with E-state index in [0.29, 0.717) is 11.9 Å². The first-order valence-corrected chi connectivity index (χ1v) is 8.48. The maximum absolute atomic E-state index is 5.18. The van der Waals surface area contributed by atoms with Crippen LogP contribution < -0.4 is 10.1 Å². The van der Waals surface area contributed by atoms with Crippen molar-refractivity contribution >= 4 is 57.4 Å². The molecule has 1 aromatic heterocycles. The normalized spacial score (nSPS) is 24.1. The zero-order chi connectivity index (χ0) is 14.1. The highest BCUT2D eigenvalue weighted by Crippen LogP contribution is 2.31. The number of hydrogen-bond acceptors (Lipinski definition) is 6. The van der Waals surface area contributed by atoms with Gasteiger partial charge in [0.25, 0.3) is 0 Å². The van der Waals surface area contributed by atoms with Gasteiger partial charge in [-0.15, -0.1) is 24.0 Å². The number of piperidine rings is 1. The molecular weight excluding hydrogens is 467 g/mol. The van der Waals surface area contributed by atoms with Gasteiger partial charge in [-0.3, -0.25) is 4.99 Å². The van der Waals surface area contributed by atoms with Gasteiger partial charge in [-0.25, -0.2) is 0 Å². The van der Waals surface area contributed by atoms with Gasteiger partial charge in [0.1, 0.15) is 0 Å². The van der Waals surface area contributed by atoms with Gasteiger partial charge < -0.3 is 15.0 Å². The van der Waals surface area contributed by atoms with Crippen molar-refractivity contribution in [3.05, 3.63) is 9.35 Å². The Hall–Kier alpha value is -0.0900. The molecule has 0 saturated carbocycles. The average Bonchev–Trinajstić information content (AvgIpc) is 3.00. The van der Waals surface area contributed by atoms with Crippen LogP contribution >= 0.6 is 51.4 Å². The second-order valence-electron chi connectivity index (χ2n) is 5.44. The SMILES string of the molecule is COc1nsc(CNC2=NCC3CCC(C)CN23)c1Br.I. The van der Waals surface area contributed by atoms with Crippen LogP contribution in [0.1, 0.15) is 24.6 Å². The molecule has 1 fully saturated rings. The predicted molar refractivity (Wildman–Crippen MR) is 99.8 cm³/mol. The molecule has 118 valence electrons. The van der Waals surface area contributed by atoms with Crippen molar-refractivity contribution in [2.24, 2.45) is 10.9 Å². The molecule has 2 unspecified atom stereocenters. The number of guanidine groups is 1. The monoisotopic (exact) mass is 486 g/mol. The highest BCUT2D eigenvalue weighted by atomic mass is 127. The van der Waals surface area contributed by atoms with Gasteiger partial charge in [-0.1, -0.05) is 6.92 Å². The predicted octanol–water partition coefficient (Wildman–Crippen LogP) is 3.09. The van der Waals surface area contributed by atoms with Crippen molar-refractivity contribution in [3.63, 3.8) is 0 Å². The maximum Gasteiger partial charge on any atom is 0.239 e. The van der Waals surface area contributed by atoms with E-state index in [0.717, 1.165) is 40.9 Å². The standard InChI is InChI=1S/C13H19BrN4OS.HI/c1-8-3-4-9-5-15-13(18(9)7-8)16-6-10-11(14)12(19-2)17-20-10;/h8-9H,3-7H2,1-2H3,(H,15,16);1H. The Balaban J connectivity index is 0.00000161. The number of ether oxygens (including phenoxy) is 1. The Bertz CT molecular complexity index is 524. The lowest BCUT2D eigenvalue weighted by molar-refractivity contribution is 0.211. The molecule has 2 aliphatic heterocycles. The first kappa shape index (κ1) is 17.3. The van der Waals surface area contributed by atoms with Crippen LogP contribution in [0.25, 0.3) is 0 Å². The molecule has 0 aromatic carbocycles. The molecule has 2 aliphatic rings. The van der Waals surface area contributed by atoms with Crippen LogP contribution in [0, 0.1) is 5.92 Å². The summed E-state index contributed by atoms with van der Waals surface area (Å²) in [6.07, 6.45) is 2.58. The molecule has 0 spiro atoms. The van der Waals surface area contributed by atoms with E-state index in [-0.39, 0.29) is 24.0 Å². The molecule has 3 heterocycles. The van der Waals surface area contributed by atoms with Gasteiger partial charge in [-0.05, 0) is 46.2 Å². The zero-order valence-corrected chi connectivity index (χ0v) is 16.9. The number of methoxy groups -OCH3 is 1. The third kappa shape index (κ3) is 3.64. The lowest BCUT2D eigenvalue weighted by Crippen LogP contribution is -2.48. The van der Waals surface area contributed by atoms with Crippen molar-refractivity contribution < 1.29 is 4.74 Å². The molecule has 1 aromatic rings. The van der Waals surface area contributed by atoms with Gasteiger partial charge in [0.15, 0.2) is 5.96 Å². The van der Waals surface area contributed by atoms with Crippen LogP contribution in [-0.2, 0) is 6.54 Å². The topological polar surface area (TPSA) is 49.8 Å². The Morgan fingerprint density at radius 3 is 3.00 bits per heavy atom. The number of rotatable bonds is 3. The molecule has 3 rings (SSSR count). The van der Waals surface area contributed by atoms with E-state index in [1.54, 1.807) is 7.11 Å². The fraction of sp³-hybridized carbons (Fsp3) is 0.692. The van der Waals surface area contributed by atoms with E-state index in [2.05, 4.69) is 42.4 Å². The van der Waals surface area contributed by atoms with Gasteiger partial charge in [0, 0.05) is 6.54 Å². The minimum atomic E-state index is 0. The van der Waals surface area contributed by atoms with Crippen LogP contribution in [0.4, 0.5) is 0 Å². The highest BCUT2D eigenvalue weighted by Gasteiger charge is 2.32. The average molecular weight is 487 g/mol. The minimum absolute atomic E-state index is 0. The molecule has 0 amide bonds. The van der Waals surface area contributed by atoms with E-state index >= 15 is 0 Å². The summed E-state index contributed by atoms with van der Waals surface area (Å²) in [5.74, 6) is 2.46. The molecule has 1 N–H and O–H groups in total. The maximum atomic E-state index is 5.18. The van der Waals surface area contributed by atoms with Crippen molar-refractivity contribution in [2.45, 2.75) is 32.4 Å². The molecule has 0 aliphatic carbocycles. The Kier molecular flexibility index (Phi) is 6.13. The van der Waals surface area contributed by atoms with Crippen LogP contribution in [0.5, 0.6) is 5.88 Å². The Morgan fingerprint density at radius 2 is 2.29 bits per heavy atom. The molecule has 0 radical (unpaired) electrons. The Morgan fingerprint density at radius 1 is 1.48 bits per heavy atom. The van der Waals surface area contributed by atoms with Crippen molar-refractivity contribution in [1.29, 1.82) is 0 Å². The molecule has 0 bridgehead atoms. The molecule has 8 heteroatoms. The van der Waals surface area contributed by atoms with Gasteiger partial charge in [-0.2, -0.15) is 4.37 Å². The number of halogens is 2. The first-order chi connectivity index (χ1) is 9.69. The fourth-order valence-corrected chi connectivity index (χ4v) is 4.18. The van der Waals surface area contributed by atoms with E-state index in [1.807, 2.05) is 0 Å². The van der Waals surface area contributed by atoms with E-state index in [4.69, 9.17) is 4.74 Å². The van der Waals surface area contributed by atoms with Crippen LogP contribution in [0.15, 0.2) is 9.47 Å². The van der Waals surface area contributed by atoms with E-state index in [9.17, 15) is 0 Å². The summed E-state index contributed by atoms with van der Waals surface area (Å²) < 4.78 is 10.4. The van der Waals surface area contributed by atoms with Crippen LogP contribution in [-0.4, -0.2) is 41.5 Å². The minimum Gasteiger partial charge on any atom is -0.480 e. The van der Waals surface area contributed by atoms with Gasteiger partial charge in [0.05, 0.1) is 35.6 Å². The summed E-state index contributed by atoms with van der Waals surface area (Å²) in [7, 11) is 1.64. The molecule has 21 heavy (non-hydrogen) atoms. The molecule has 1 saturated heterocycles. The highest BCUT2D eigenvalue weighted by molar-refractivity contribution is 14.0. The third-order valence-electron chi connectivity index (χ3n) is 3.94. The van der Waals surface area contributed by atoms with Crippen molar-refractivity contribution in [3.8, 4) is 5.88 Å². The third-order valence-corrected chi connectivity index (χ3v) is 5.84. The van der Waals surface area contributed by atoms with Crippen molar-refractivity contribution in [1.82, 2.24) is 14.6 Å². The smallest absolute Gasteiger partial charge is 0.239 e. The van der Waals surface area contributed by atoms with E-state index in [1.165, 1.54) is 24.4 Å². The first-order valence-electron chi connectivity index (χ1n) is 6.92. The summed E-state index contributed by atoms with van der Waals surface area (Å²) >= 11 is 4.99. The summed E-state index contributed by atoms with van der Waals surface area (Å²) in [6.45, 7) is 5.10. The summed E-state index contributed by atoms with van der Waals surface area (Å²) in [4.78, 5) is 8.22. The lowest BCUT2D eigenvalue weighted by Gasteiger charge is -2.35. The number of hydrogen-bond donors (Lipinski definition) is 1. The zero-order valence-electron chi connectivity index (χ0n) is 12.1. The molecule has 5 nitrogen and oxygen atoms in total. The summed E-state index contributed by atoms with van der Waals surface area (Å²) in [6, 6.07) is 0.605. The van der Waals surface area contributed by atoms with Crippen LogP contribution in [0.2, 0.25) is 0 Å². The molecule has 2 atom stereocenters. The second kappa shape index (κ2) is 7.45. The number of nitrogens with zero attached hydrogens (tertiary/aromatic N) is 3. The van der Waals surface area contributed by atoms with Gasteiger partial charge in [0.2, 0.25) is 5.88 Å². The quantitative estimate of drug-likeness (QED) is 0.667. The Labute approximate surface area is 154 Å². The van der Waals surface area contributed by atoms with E-state index < -0.39 is 0 Å². The van der Waals surface area contributed by atoms with Gasteiger partial charge >= 0.3 is 0 Å². The number of fused-ring (bicyclic) bond motifs is 1. The second-order valence-corrected chi connectivity index (χ2v) is 7.09. The van der Waals surface area contributed by atoms with Crippen molar-refractivity contribution in [2.75, 3.05) is 20.2 Å². The fourth-order valence-electron chi connectivity index (χ4n) is 2.79. The number of aromatic nitrogens is 1. The molecular formula is C13H20BrIN4OS. The number of nitrogens with one attached hydrogen (secondary N) is 1.